The molecule has 1 heterocycles. The number of urea groups is 1. The molecule has 1 aromatic carbocycles. The van der Waals surface area contributed by atoms with E-state index in [1.54, 1.807) is 12.1 Å². The van der Waals surface area contributed by atoms with Crippen molar-refractivity contribution >= 4 is 17.6 Å². The third-order valence-corrected chi connectivity index (χ3v) is 4.48. The Morgan fingerprint density at radius 3 is 2.78 bits per heavy atom. The number of nitrogens with zero attached hydrogens (tertiary/aromatic N) is 1. The number of hydrogen-bond donors (Lipinski definition) is 2. The number of fused-ring (bicyclic) bond motifs is 1. The average Bonchev–Trinajstić information content (AvgIpc) is 2.56. The number of carbonyl (C=O) groups is 2. The van der Waals surface area contributed by atoms with Crippen LogP contribution >= 0.6 is 0 Å². The highest BCUT2D eigenvalue weighted by molar-refractivity contribution is 6.01. The zero-order valence-electron chi connectivity index (χ0n) is 13.2. The van der Waals surface area contributed by atoms with Crippen LogP contribution in [-0.4, -0.2) is 48.7 Å². The van der Waals surface area contributed by atoms with Crippen LogP contribution in [0, 0.1) is 0 Å². The van der Waals surface area contributed by atoms with E-state index in [-0.39, 0.29) is 18.6 Å². The first-order valence-corrected chi connectivity index (χ1v) is 8.24. The molecule has 1 saturated heterocycles. The molecule has 6 nitrogen and oxygen atoms in total. The molecule has 6 heteroatoms. The molecule has 0 radical (unpaired) electrons. The Morgan fingerprint density at radius 2 is 1.96 bits per heavy atom. The van der Waals surface area contributed by atoms with E-state index in [1.807, 2.05) is 18.2 Å². The topological polar surface area (TPSA) is 70.7 Å². The molecule has 1 aliphatic heterocycles. The molecular formula is C17H23N3O3. The van der Waals surface area contributed by atoms with Crippen LogP contribution in [0.1, 0.15) is 25.7 Å². The first kappa shape index (κ1) is 16.0. The summed E-state index contributed by atoms with van der Waals surface area (Å²) in [5.74, 6) is -0.273. The minimum absolute atomic E-state index is 0.239. The SMILES string of the molecule is O=C(CN1CCO[C@@H]2CCCC[C@@H]21)NC(=O)Nc1ccccc1. The summed E-state index contributed by atoms with van der Waals surface area (Å²) in [6.07, 6.45) is 4.74. The number of ether oxygens (including phenoxy) is 1. The highest BCUT2D eigenvalue weighted by Crippen LogP contribution is 2.28. The van der Waals surface area contributed by atoms with Gasteiger partial charge in [-0.3, -0.25) is 15.0 Å². The van der Waals surface area contributed by atoms with Crippen molar-refractivity contribution < 1.29 is 14.3 Å². The van der Waals surface area contributed by atoms with Crippen molar-refractivity contribution in [1.29, 1.82) is 0 Å². The standard InChI is InChI=1S/C17H23N3O3/c21-16(19-17(22)18-13-6-2-1-3-7-13)12-20-10-11-23-15-9-5-4-8-14(15)20/h1-3,6-7,14-15H,4-5,8-12H2,(H2,18,19,21,22)/t14-,15+/m0/s1. The van der Waals surface area contributed by atoms with Crippen molar-refractivity contribution in [3.05, 3.63) is 30.3 Å². The van der Waals surface area contributed by atoms with Gasteiger partial charge < -0.3 is 10.1 Å². The molecule has 23 heavy (non-hydrogen) atoms. The molecule has 2 fully saturated rings. The lowest BCUT2D eigenvalue weighted by molar-refractivity contribution is -0.128. The quantitative estimate of drug-likeness (QED) is 0.894. The number of para-hydroxylation sites is 1. The van der Waals surface area contributed by atoms with Gasteiger partial charge in [0.05, 0.1) is 19.3 Å². The van der Waals surface area contributed by atoms with Gasteiger partial charge in [0, 0.05) is 18.3 Å². The highest BCUT2D eigenvalue weighted by Gasteiger charge is 2.34. The molecule has 0 unspecified atom stereocenters. The van der Waals surface area contributed by atoms with Crippen LogP contribution in [0.5, 0.6) is 0 Å². The van der Waals surface area contributed by atoms with Crippen molar-refractivity contribution in [3.8, 4) is 0 Å². The van der Waals surface area contributed by atoms with E-state index in [9.17, 15) is 9.59 Å². The maximum atomic E-state index is 12.1. The van der Waals surface area contributed by atoms with Crippen LogP contribution in [0.3, 0.4) is 0 Å². The van der Waals surface area contributed by atoms with Gasteiger partial charge in [0.15, 0.2) is 0 Å². The summed E-state index contributed by atoms with van der Waals surface area (Å²) in [6.45, 7) is 1.65. The van der Waals surface area contributed by atoms with Gasteiger partial charge in [0.25, 0.3) is 0 Å². The van der Waals surface area contributed by atoms with Gasteiger partial charge in [-0.2, -0.15) is 0 Å². The number of benzene rings is 1. The molecule has 124 valence electrons. The van der Waals surface area contributed by atoms with E-state index in [2.05, 4.69) is 15.5 Å². The number of imide groups is 1. The summed E-state index contributed by atoms with van der Waals surface area (Å²) in [5, 5.41) is 5.05. The number of morpholine rings is 1. The largest absolute Gasteiger partial charge is 0.375 e. The maximum absolute atomic E-state index is 12.1. The first-order chi connectivity index (χ1) is 11.2. The number of rotatable bonds is 3. The molecule has 0 aromatic heterocycles. The van der Waals surface area contributed by atoms with Crippen LogP contribution in [0.15, 0.2) is 30.3 Å². The lowest BCUT2D eigenvalue weighted by Gasteiger charge is -2.43. The number of nitrogens with one attached hydrogen (secondary N) is 2. The molecular weight excluding hydrogens is 294 g/mol. The molecule has 1 aliphatic carbocycles. The van der Waals surface area contributed by atoms with E-state index in [0.29, 0.717) is 18.3 Å². The second-order valence-electron chi connectivity index (χ2n) is 6.10. The Kier molecular flexibility index (Phi) is 5.25. The van der Waals surface area contributed by atoms with Gasteiger partial charge in [-0.05, 0) is 25.0 Å². The number of amides is 3. The number of hydrogen-bond acceptors (Lipinski definition) is 4. The fraction of sp³-hybridized carbons (Fsp3) is 0.529. The van der Waals surface area contributed by atoms with Gasteiger partial charge in [-0.15, -0.1) is 0 Å². The monoisotopic (exact) mass is 317 g/mol. The Balaban J connectivity index is 1.49. The lowest BCUT2D eigenvalue weighted by Crippen LogP contribution is -2.55. The first-order valence-electron chi connectivity index (χ1n) is 8.24. The summed E-state index contributed by atoms with van der Waals surface area (Å²) in [7, 11) is 0. The molecule has 2 aliphatic rings. The number of anilines is 1. The van der Waals surface area contributed by atoms with Crippen LogP contribution in [0.2, 0.25) is 0 Å². The van der Waals surface area contributed by atoms with Crippen LogP contribution < -0.4 is 10.6 Å². The van der Waals surface area contributed by atoms with Gasteiger partial charge >= 0.3 is 6.03 Å². The fourth-order valence-corrected chi connectivity index (χ4v) is 3.41. The second-order valence-corrected chi connectivity index (χ2v) is 6.10. The summed E-state index contributed by atoms with van der Waals surface area (Å²) >= 11 is 0. The average molecular weight is 317 g/mol. The fourth-order valence-electron chi connectivity index (χ4n) is 3.41. The zero-order chi connectivity index (χ0) is 16.1. The normalized spacial score (nSPS) is 24.5. The summed E-state index contributed by atoms with van der Waals surface area (Å²) in [6, 6.07) is 8.89. The molecule has 2 N–H and O–H groups in total. The highest BCUT2D eigenvalue weighted by atomic mass is 16.5. The third kappa shape index (κ3) is 4.30. The van der Waals surface area contributed by atoms with Gasteiger partial charge in [0.1, 0.15) is 0 Å². The van der Waals surface area contributed by atoms with E-state index in [0.717, 1.165) is 19.4 Å². The van der Waals surface area contributed by atoms with Crippen LogP contribution in [0.4, 0.5) is 10.5 Å². The Hall–Kier alpha value is -1.92. The van der Waals surface area contributed by atoms with Crippen molar-refractivity contribution in [3.63, 3.8) is 0 Å². The minimum atomic E-state index is -0.491. The Morgan fingerprint density at radius 1 is 1.17 bits per heavy atom. The van der Waals surface area contributed by atoms with E-state index in [1.165, 1.54) is 12.8 Å². The molecule has 0 bridgehead atoms. The predicted octanol–water partition coefficient (Wildman–Crippen LogP) is 1.98. The molecule has 3 amide bonds. The van der Waals surface area contributed by atoms with Crippen molar-refractivity contribution in [2.75, 3.05) is 25.0 Å². The summed E-state index contributed by atoms with van der Waals surface area (Å²) < 4.78 is 5.80. The second kappa shape index (κ2) is 7.57. The molecule has 1 aromatic rings. The van der Waals surface area contributed by atoms with Crippen LogP contribution in [-0.2, 0) is 9.53 Å². The van der Waals surface area contributed by atoms with Gasteiger partial charge in [-0.25, -0.2) is 4.79 Å². The summed E-state index contributed by atoms with van der Waals surface area (Å²) in [5.41, 5.74) is 0.663. The minimum Gasteiger partial charge on any atom is -0.375 e. The lowest BCUT2D eigenvalue weighted by atomic mass is 9.90. The van der Waals surface area contributed by atoms with E-state index >= 15 is 0 Å². The van der Waals surface area contributed by atoms with E-state index in [4.69, 9.17) is 4.74 Å². The smallest absolute Gasteiger partial charge is 0.325 e. The van der Waals surface area contributed by atoms with Crippen molar-refractivity contribution in [1.82, 2.24) is 10.2 Å². The Bertz CT molecular complexity index is 547. The predicted molar refractivity (Wildman–Crippen MR) is 87.2 cm³/mol. The maximum Gasteiger partial charge on any atom is 0.325 e. The van der Waals surface area contributed by atoms with Gasteiger partial charge in [0.2, 0.25) is 5.91 Å². The Labute approximate surface area is 136 Å². The molecule has 3 rings (SSSR count). The molecule has 1 saturated carbocycles. The van der Waals surface area contributed by atoms with Crippen molar-refractivity contribution in [2.24, 2.45) is 0 Å². The van der Waals surface area contributed by atoms with Crippen LogP contribution in [0.25, 0.3) is 0 Å². The van der Waals surface area contributed by atoms with Crippen molar-refractivity contribution in [2.45, 2.75) is 37.8 Å². The third-order valence-electron chi connectivity index (χ3n) is 4.48. The molecule has 2 atom stereocenters. The van der Waals surface area contributed by atoms with E-state index < -0.39 is 6.03 Å². The molecule has 0 spiro atoms. The summed E-state index contributed by atoms with van der Waals surface area (Å²) in [4.78, 5) is 26.1. The van der Waals surface area contributed by atoms with Gasteiger partial charge in [-0.1, -0.05) is 31.0 Å². The number of carbonyl (C=O) groups excluding carboxylic acids is 2. The zero-order valence-corrected chi connectivity index (χ0v) is 13.2.